The predicted octanol–water partition coefficient (Wildman–Crippen LogP) is 4.43. The summed E-state index contributed by atoms with van der Waals surface area (Å²) in [6, 6.07) is 7.70. The molecule has 0 spiro atoms. The standard InChI is InChI=1S/C21H26N4O2S/c1-6-13(3)19-15(11-22)12-24-20(19)14(4)25-28-16-8-9-18(27-5)17(10-16)21(26)23-7-2/h6,8-10,12,14,24-25H,7H2,1-5H3,(H,23,26)/b13-6-. The number of hydrogen-bond acceptors (Lipinski definition) is 5. The van der Waals surface area contributed by atoms with Gasteiger partial charge in [0, 0.05) is 28.9 Å². The SMILES string of the molecule is C/C=C(/C)c1c(C#N)c[nH]c1C(C)NSc1ccc(OC)c(C(=O)NCC)c1. The van der Waals surface area contributed by atoms with Crippen LogP contribution in [0.3, 0.4) is 0 Å². The molecule has 1 aromatic carbocycles. The summed E-state index contributed by atoms with van der Waals surface area (Å²) in [4.78, 5) is 16.4. The van der Waals surface area contributed by atoms with Crippen LogP contribution in [0.25, 0.3) is 5.57 Å². The molecule has 0 aliphatic rings. The zero-order valence-electron chi connectivity index (χ0n) is 16.8. The van der Waals surface area contributed by atoms with E-state index in [9.17, 15) is 10.1 Å². The summed E-state index contributed by atoms with van der Waals surface area (Å²) in [7, 11) is 1.55. The van der Waals surface area contributed by atoms with E-state index in [2.05, 4.69) is 21.1 Å². The highest BCUT2D eigenvalue weighted by molar-refractivity contribution is 7.97. The fraction of sp³-hybridized carbons (Fsp3) is 0.333. The van der Waals surface area contributed by atoms with E-state index < -0.39 is 0 Å². The van der Waals surface area contributed by atoms with E-state index in [4.69, 9.17) is 4.74 Å². The number of rotatable bonds is 8. The first kappa shape index (κ1) is 21.6. The highest BCUT2D eigenvalue weighted by Crippen LogP contribution is 2.30. The number of methoxy groups -OCH3 is 1. The van der Waals surface area contributed by atoms with Gasteiger partial charge in [-0.25, -0.2) is 0 Å². The first-order chi connectivity index (χ1) is 13.5. The largest absolute Gasteiger partial charge is 0.496 e. The van der Waals surface area contributed by atoms with E-state index in [1.54, 1.807) is 19.4 Å². The molecule has 0 fully saturated rings. The quantitative estimate of drug-likeness (QED) is 0.573. The van der Waals surface area contributed by atoms with E-state index in [-0.39, 0.29) is 11.9 Å². The van der Waals surface area contributed by atoms with Gasteiger partial charge in [0.2, 0.25) is 0 Å². The molecule has 1 aromatic heterocycles. The summed E-state index contributed by atoms with van der Waals surface area (Å²) in [5, 5.41) is 12.2. The van der Waals surface area contributed by atoms with Crippen molar-refractivity contribution in [1.82, 2.24) is 15.0 Å². The second-order valence-electron chi connectivity index (χ2n) is 6.24. The van der Waals surface area contributed by atoms with Crippen LogP contribution in [0.4, 0.5) is 0 Å². The van der Waals surface area contributed by atoms with Crippen molar-refractivity contribution in [1.29, 1.82) is 5.26 Å². The lowest BCUT2D eigenvalue weighted by Crippen LogP contribution is -2.23. The zero-order valence-corrected chi connectivity index (χ0v) is 17.7. The summed E-state index contributed by atoms with van der Waals surface area (Å²) >= 11 is 1.43. The minimum Gasteiger partial charge on any atom is -0.496 e. The molecule has 6 nitrogen and oxygen atoms in total. The predicted molar refractivity (Wildman–Crippen MR) is 113 cm³/mol. The van der Waals surface area contributed by atoms with Crippen LogP contribution in [0.1, 0.15) is 60.9 Å². The van der Waals surface area contributed by atoms with Gasteiger partial charge in [-0.05, 0) is 63.4 Å². The van der Waals surface area contributed by atoms with Crippen molar-refractivity contribution in [3.8, 4) is 11.8 Å². The number of benzene rings is 1. The third-order valence-corrected chi connectivity index (χ3v) is 5.36. The number of ether oxygens (including phenoxy) is 1. The van der Waals surface area contributed by atoms with Crippen molar-refractivity contribution >= 4 is 23.4 Å². The van der Waals surface area contributed by atoms with Crippen molar-refractivity contribution in [3.63, 3.8) is 0 Å². The van der Waals surface area contributed by atoms with Gasteiger partial charge in [0.05, 0.1) is 24.3 Å². The number of nitrogens with one attached hydrogen (secondary N) is 3. The van der Waals surface area contributed by atoms with Gasteiger partial charge in [0.1, 0.15) is 11.8 Å². The Labute approximate surface area is 170 Å². The average Bonchev–Trinajstić information content (AvgIpc) is 3.15. The Kier molecular flexibility index (Phi) is 7.73. The van der Waals surface area contributed by atoms with E-state index in [0.29, 0.717) is 23.4 Å². The summed E-state index contributed by atoms with van der Waals surface area (Å²) < 4.78 is 8.68. The van der Waals surface area contributed by atoms with E-state index in [1.165, 1.54) is 11.9 Å². The van der Waals surface area contributed by atoms with E-state index >= 15 is 0 Å². The highest BCUT2D eigenvalue weighted by atomic mass is 32.2. The molecule has 28 heavy (non-hydrogen) atoms. The first-order valence-electron chi connectivity index (χ1n) is 9.10. The van der Waals surface area contributed by atoms with Gasteiger partial charge in [0.15, 0.2) is 0 Å². The van der Waals surface area contributed by atoms with Crippen molar-refractivity contribution < 1.29 is 9.53 Å². The fourth-order valence-corrected chi connectivity index (χ4v) is 3.58. The number of aromatic amines is 1. The normalized spacial score (nSPS) is 12.4. The van der Waals surface area contributed by atoms with Crippen LogP contribution in [-0.4, -0.2) is 24.5 Å². The molecule has 7 heteroatoms. The summed E-state index contributed by atoms with van der Waals surface area (Å²) in [5.74, 6) is 0.376. The molecule has 148 valence electrons. The number of allylic oxidation sites excluding steroid dienone is 2. The second kappa shape index (κ2) is 10.0. The Morgan fingerprint density at radius 2 is 2.21 bits per heavy atom. The van der Waals surface area contributed by atoms with Crippen LogP contribution in [0.2, 0.25) is 0 Å². The van der Waals surface area contributed by atoms with Gasteiger partial charge >= 0.3 is 0 Å². The van der Waals surface area contributed by atoms with Gasteiger partial charge in [0.25, 0.3) is 5.91 Å². The maximum atomic E-state index is 12.3. The Hall–Kier alpha value is -2.69. The highest BCUT2D eigenvalue weighted by Gasteiger charge is 2.18. The minimum atomic E-state index is -0.163. The van der Waals surface area contributed by atoms with Gasteiger partial charge in [-0.2, -0.15) is 5.26 Å². The molecule has 1 unspecified atom stereocenters. The van der Waals surface area contributed by atoms with Gasteiger partial charge in [-0.15, -0.1) is 0 Å². The first-order valence-corrected chi connectivity index (χ1v) is 9.91. The van der Waals surface area contributed by atoms with E-state index in [0.717, 1.165) is 21.7 Å². The molecule has 1 heterocycles. The molecule has 0 saturated carbocycles. The molecular weight excluding hydrogens is 372 g/mol. The summed E-state index contributed by atoms with van der Waals surface area (Å²) in [6.07, 6.45) is 3.73. The minimum absolute atomic E-state index is 0.0352. The summed E-state index contributed by atoms with van der Waals surface area (Å²) in [5.41, 5.74) is 4.07. The topological polar surface area (TPSA) is 89.9 Å². The van der Waals surface area contributed by atoms with Crippen LogP contribution in [0.15, 0.2) is 35.4 Å². The third-order valence-electron chi connectivity index (χ3n) is 4.40. The molecule has 0 bridgehead atoms. The van der Waals surface area contributed by atoms with Crippen LogP contribution in [0.5, 0.6) is 5.75 Å². The van der Waals surface area contributed by atoms with Gasteiger partial charge < -0.3 is 15.0 Å². The number of H-pyrrole nitrogens is 1. The molecule has 2 aromatic rings. The number of nitriles is 1. The molecule has 0 aliphatic carbocycles. The van der Waals surface area contributed by atoms with Crippen molar-refractivity contribution in [2.45, 2.75) is 38.6 Å². The number of carbonyl (C=O) groups excluding carboxylic acids is 1. The third kappa shape index (κ3) is 4.77. The number of nitrogens with zero attached hydrogens (tertiary/aromatic N) is 1. The Morgan fingerprint density at radius 3 is 2.82 bits per heavy atom. The van der Waals surface area contributed by atoms with Crippen LogP contribution in [0, 0.1) is 11.3 Å². The van der Waals surface area contributed by atoms with Crippen LogP contribution >= 0.6 is 11.9 Å². The lowest BCUT2D eigenvalue weighted by atomic mass is 10.0. The molecular formula is C21H26N4O2S. The molecule has 2 rings (SSSR count). The molecule has 0 saturated heterocycles. The van der Waals surface area contributed by atoms with Gasteiger partial charge in [-0.3, -0.25) is 9.52 Å². The molecule has 1 amide bonds. The molecule has 3 N–H and O–H groups in total. The number of amides is 1. The zero-order chi connectivity index (χ0) is 20.7. The molecule has 0 aliphatic heterocycles. The second-order valence-corrected chi connectivity index (χ2v) is 7.15. The van der Waals surface area contributed by atoms with Gasteiger partial charge in [-0.1, -0.05) is 6.08 Å². The number of hydrogen-bond donors (Lipinski definition) is 3. The molecule has 0 radical (unpaired) electrons. The molecule has 1 atom stereocenters. The maximum absolute atomic E-state index is 12.3. The van der Waals surface area contributed by atoms with E-state index in [1.807, 2.05) is 45.9 Å². The van der Waals surface area contributed by atoms with Crippen molar-refractivity contribution in [2.75, 3.05) is 13.7 Å². The number of aromatic nitrogens is 1. The maximum Gasteiger partial charge on any atom is 0.255 e. The van der Waals surface area contributed by atoms with Crippen molar-refractivity contribution in [3.05, 3.63) is 52.9 Å². The monoisotopic (exact) mass is 398 g/mol. The Bertz CT molecular complexity index is 912. The van der Waals surface area contributed by atoms with Crippen LogP contribution < -0.4 is 14.8 Å². The average molecular weight is 399 g/mol. The van der Waals surface area contributed by atoms with Crippen LogP contribution in [-0.2, 0) is 0 Å². The lowest BCUT2D eigenvalue weighted by Gasteiger charge is -2.16. The number of carbonyl (C=O) groups is 1. The van der Waals surface area contributed by atoms with Crippen molar-refractivity contribution in [2.24, 2.45) is 0 Å². The Balaban J connectivity index is 2.21. The Morgan fingerprint density at radius 1 is 1.46 bits per heavy atom. The smallest absolute Gasteiger partial charge is 0.255 e. The summed E-state index contributed by atoms with van der Waals surface area (Å²) in [6.45, 7) is 8.41. The lowest BCUT2D eigenvalue weighted by molar-refractivity contribution is 0.0952. The fourth-order valence-electron chi connectivity index (χ4n) is 2.84.